The number of aliphatic hydroxyl groups excluding tert-OH is 1. The Hall–Kier alpha value is -1.54. The number of benzene rings is 2. The lowest BCUT2D eigenvalue weighted by molar-refractivity contribution is 0.165. The third-order valence-corrected chi connectivity index (χ3v) is 3.58. The molecule has 0 saturated heterocycles. The average Bonchev–Trinajstić information content (AvgIpc) is 2.46. The quantitative estimate of drug-likeness (QED) is 0.775. The molecule has 0 aromatic heterocycles. The number of methoxy groups -OCH3 is 1. The summed E-state index contributed by atoms with van der Waals surface area (Å²) in [5.41, 5.74) is 1.01. The second kappa shape index (κ2) is 6.58. The highest BCUT2D eigenvalue weighted by Crippen LogP contribution is 2.33. The minimum Gasteiger partial charge on any atom is -0.496 e. The molecule has 0 spiro atoms. The fourth-order valence-electron chi connectivity index (χ4n) is 2.51. The van der Waals surface area contributed by atoms with E-state index in [1.54, 1.807) is 7.11 Å². The number of fused-ring (bicyclic) bond motifs is 1. The first-order chi connectivity index (χ1) is 9.27. The van der Waals surface area contributed by atoms with Crippen LogP contribution in [0.25, 0.3) is 10.8 Å². The number of rotatable bonds is 6. The van der Waals surface area contributed by atoms with Crippen molar-refractivity contribution < 1.29 is 9.84 Å². The summed E-state index contributed by atoms with van der Waals surface area (Å²) in [6.07, 6.45) is 3.85. The summed E-state index contributed by atoms with van der Waals surface area (Å²) >= 11 is 0. The lowest BCUT2D eigenvalue weighted by atomic mass is 9.96. The van der Waals surface area contributed by atoms with Gasteiger partial charge in [0.25, 0.3) is 0 Å². The Morgan fingerprint density at radius 3 is 2.47 bits per heavy atom. The number of hydrogen-bond acceptors (Lipinski definition) is 2. The summed E-state index contributed by atoms with van der Waals surface area (Å²) in [6.45, 7) is 2.18. The standard InChI is InChI=1S/C17H22O2/c1-3-4-5-10-16(18)14-11-12-17(19-2)15-9-7-6-8-13(14)15/h6-9,11-12,16,18H,3-5,10H2,1-2H3. The maximum atomic E-state index is 10.4. The summed E-state index contributed by atoms with van der Waals surface area (Å²) in [5, 5.41) is 12.5. The van der Waals surface area contributed by atoms with Gasteiger partial charge >= 0.3 is 0 Å². The smallest absolute Gasteiger partial charge is 0.126 e. The number of ether oxygens (including phenoxy) is 1. The van der Waals surface area contributed by atoms with Crippen molar-refractivity contribution in [2.45, 2.75) is 38.7 Å². The molecule has 0 heterocycles. The van der Waals surface area contributed by atoms with Crippen LogP contribution in [0.5, 0.6) is 5.75 Å². The normalized spacial score (nSPS) is 12.6. The van der Waals surface area contributed by atoms with Crippen molar-refractivity contribution in [2.75, 3.05) is 7.11 Å². The minimum absolute atomic E-state index is 0.387. The molecule has 1 unspecified atom stereocenters. The largest absolute Gasteiger partial charge is 0.496 e. The summed E-state index contributed by atoms with van der Waals surface area (Å²) in [4.78, 5) is 0. The monoisotopic (exact) mass is 258 g/mol. The molecule has 0 radical (unpaired) electrons. The summed E-state index contributed by atoms with van der Waals surface area (Å²) in [6, 6.07) is 12.0. The molecule has 0 bridgehead atoms. The van der Waals surface area contributed by atoms with Gasteiger partial charge in [0.05, 0.1) is 13.2 Å². The summed E-state index contributed by atoms with van der Waals surface area (Å²) in [7, 11) is 1.68. The first kappa shape index (κ1) is 13.9. The lowest BCUT2D eigenvalue weighted by Crippen LogP contribution is -1.99. The molecule has 0 aliphatic rings. The van der Waals surface area contributed by atoms with E-state index < -0.39 is 0 Å². The molecule has 0 aliphatic carbocycles. The van der Waals surface area contributed by atoms with E-state index in [0.717, 1.165) is 34.9 Å². The number of hydrogen-bond donors (Lipinski definition) is 1. The predicted octanol–water partition coefficient (Wildman–Crippen LogP) is 4.46. The summed E-state index contributed by atoms with van der Waals surface area (Å²) < 4.78 is 5.38. The molecule has 2 rings (SSSR count). The van der Waals surface area contributed by atoms with Crippen molar-refractivity contribution >= 4 is 10.8 Å². The zero-order chi connectivity index (χ0) is 13.7. The first-order valence-electron chi connectivity index (χ1n) is 7.01. The van der Waals surface area contributed by atoms with E-state index in [-0.39, 0.29) is 6.10 Å². The highest BCUT2D eigenvalue weighted by atomic mass is 16.5. The van der Waals surface area contributed by atoms with E-state index in [2.05, 4.69) is 13.0 Å². The van der Waals surface area contributed by atoms with E-state index in [1.807, 2.05) is 30.3 Å². The molecular formula is C17H22O2. The highest BCUT2D eigenvalue weighted by molar-refractivity contribution is 5.91. The molecule has 0 fully saturated rings. The molecule has 2 nitrogen and oxygen atoms in total. The molecular weight excluding hydrogens is 236 g/mol. The molecule has 2 aromatic carbocycles. The Labute approximate surface area is 115 Å². The van der Waals surface area contributed by atoms with Gasteiger partial charge in [0.2, 0.25) is 0 Å². The van der Waals surface area contributed by atoms with Crippen LogP contribution in [0.1, 0.15) is 44.3 Å². The Kier molecular flexibility index (Phi) is 4.80. The topological polar surface area (TPSA) is 29.5 Å². The SMILES string of the molecule is CCCCCC(O)c1ccc(OC)c2ccccc12. The van der Waals surface area contributed by atoms with Gasteiger partial charge in [0.15, 0.2) is 0 Å². The fraction of sp³-hybridized carbons (Fsp3) is 0.412. The molecule has 102 valence electrons. The van der Waals surface area contributed by atoms with Crippen molar-refractivity contribution in [1.82, 2.24) is 0 Å². The Morgan fingerprint density at radius 2 is 1.79 bits per heavy atom. The lowest BCUT2D eigenvalue weighted by Gasteiger charge is -2.15. The van der Waals surface area contributed by atoms with E-state index >= 15 is 0 Å². The van der Waals surface area contributed by atoms with Gasteiger partial charge in [0, 0.05) is 5.39 Å². The van der Waals surface area contributed by atoms with E-state index in [4.69, 9.17) is 4.74 Å². The van der Waals surface area contributed by atoms with Crippen LogP contribution in [-0.4, -0.2) is 12.2 Å². The summed E-state index contributed by atoms with van der Waals surface area (Å²) in [5.74, 6) is 0.861. The van der Waals surface area contributed by atoms with Gasteiger partial charge in [-0.15, -0.1) is 0 Å². The number of unbranched alkanes of at least 4 members (excludes halogenated alkanes) is 2. The maximum absolute atomic E-state index is 10.4. The molecule has 2 aromatic rings. The third kappa shape index (κ3) is 3.07. The average molecular weight is 258 g/mol. The van der Waals surface area contributed by atoms with Gasteiger partial charge < -0.3 is 9.84 Å². The third-order valence-electron chi connectivity index (χ3n) is 3.58. The van der Waals surface area contributed by atoms with Crippen LogP contribution >= 0.6 is 0 Å². The van der Waals surface area contributed by atoms with Crippen LogP contribution in [0.2, 0.25) is 0 Å². The van der Waals surface area contributed by atoms with Gasteiger partial charge in [-0.3, -0.25) is 0 Å². The first-order valence-corrected chi connectivity index (χ1v) is 7.01. The van der Waals surface area contributed by atoms with Crippen molar-refractivity contribution in [3.63, 3.8) is 0 Å². The predicted molar refractivity (Wildman–Crippen MR) is 79.6 cm³/mol. The maximum Gasteiger partial charge on any atom is 0.126 e. The van der Waals surface area contributed by atoms with E-state index in [1.165, 1.54) is 12.8 Å². The Morgan fingerprint density at radius 1 is 1.05 bits per heavy atom. The Balaban J connectivity index is 2.33. The molecule has 19 heavy (non-hydrogen) atoms. The Bertz CT molecular complexity index is 534. The fourth-order valence-corrected chi connectivity index (χ4v) is 2.51. The highest BCUT2D eigenvalue weighted by Gasteiger charge is 2.12. The van der Waals surface area contributed by atoms with Crippen LogP contribution in [0, 0.1) is 0 Å². The zero-order valence-corrected chi connectivity index (χ0v) is 11.7. The molecule has 1 N–H and O–H groups in total. The second-order valence-corrected chi connectivity index (χ2v) is 4.91. The van der Waals surface area contributed by atoms with Crippen LogP contribution in [-0.2, 0) is 0 Å². The van der Waals surface area contributed by atoms with E-state index in [0.29, 0.717) is 0 Å². The van der Waals surface area contributed by atoms with Gasteiger partial charge in [-0.05, 0) is 23.4 Å². The van der Waals surface area contributed by atoms with Crippen LogP contribution < -0.4 is 4.74 Å². The van der Waals surface area contributed by atoms with Crippen LogP contribution in [0.15, 0.2) is 36.4 Å². The zero-order valence-electron chi connectivity index (χ0n) is 11.7. The molecule has 0 aliphatic heterocycles. The van der Waals surface area contributed by atoms with Gasteiger partial charge in [-0.2, -0.15) is 0 Å². The molecule has 0 saturated carbocycles. The molecule has 0 amide bonds. The van der Waals surface area contributed by atoms with Crippen molar-refractivity contribution in [2.24, 2.45) is 0 Å². The molecule has 2 heteroatoms. The van der Waals surface area contributed by atoms with Crippen molar-refractivity contribution in [3.8, 4) is 5.75 Å². The van der Waals surface area contributed by atoms with Crippen LogP contribution in [0.3, 0.4) is 0 Å². The van der Waals surface area contributed by atoms with Gasteiger partial charge in [0.1, 0.15) is 5.75 Å². The van der Waals surface area contributed by atoms with Gasteiger partial charge in [-0.25, -0.2) is 0 Å². The van der Waals surface area contributed by atoms with Crippen molar-refractivity contribution in [1.29, 1.82) is 0 Å². The van der Waals surface area contributed by atoms with Crippen molar-refractivity contribution in [3.05, 3.63) is 42.0 Å². The van der Waals surface area contributed by atoms with Crippen LogP contribution in [0.4, 0.5) is 0 Å². The second-order valence-electron chi connectivity index (χ2n) is 4.91. The van der Waals surface area contributed by atoms with Gasteiger partial charge in [-0.1, -0.05) is 56.5 Å². The van der Waals surface area contributed by atoms with E-state index in [9.17, 15) is 5.11 Å². The number of aliphatic hydroxyl groups is 1. The minimum atomic E-state index is -0.387. The molecule has 1 atom stereocenters.